The average Bonchev–Trinajstić information content (AvgIpc) is 2.43. The van der Waals surface area contributed by atoms with Crippen molar-refractivity contribution in [3.05, 3.63) is 27.7 Å². The van der Waals surface area contributed by atoms with Crippen molar-refractivity contribution in [1.82, 2.24) is 0 Å². The van der Waals surface area contributed by atoms with Gasteiger partial charge in [0.05, 0.1) is 11.1 Å². The van der Waals surface area contributed by atoms with Gasteiger partial charge in [-0.1, -0.05) is 36.2 Å². The summed E-state index contributed by atoms with van der Waals surface area (Å²) in [6, 6.07) is 6.42. The zero-order chi connectivity index (χ0) is 13.2. The van der Waals surface area contributed by atoms with Crippen LogP contribution in [0.2, 0.25) is 5.02 Å². The molecule has 1 aromatic carbocycles. The maximum Gasteiger partial charge on any atom is 0.161 e. The van der Waals surface area contributed by atoms with Gasteiger partial charge in [0.15, 0.2) is 5.17 Å². The van der Waals surface area contributed by atoms with E-state index in [4.69, 9.17) is 16.6 Å². The number of fused-ring (bicyclic) bond motifs is 1. The molecule has 0 aromatic heterocycles. The van der Waals surface area contributed by atoms with Crippen molar-refractivity contribution in [1.29, 1.82) is 0 Å². The second kappa shape index (κ2) is 6.06. The molecule has 1 saturated carbocycles. The average molecular weight is 360 g/mol. The highest BCUT2D eigenvalue weighted by Crippen LogP contribution is 2.34. The number of halogens is 2. The van der Waals surface area contributed by atoms with E-state index >= 15 is 0 Å². The molecule has 102 valence electrons. The Labute approximate surface area is 131 Å². The van der Waals surface area contributed by atoms with Crippen molar-refractivity contribution in [3.63, 3.8) is 0 Å². The van der Waals surface area contributed by atoms with Crippen LogP contribution in [0.5, 0.6) is 0 Å². The Kier molecular flexibility index (Phi) is 4.40. The van der Waals surface area contributed by atoms with Crippen LogP contribution < -0.4 is 5.32 Å². The summed E-state index contributed by atoms with van der Waals surface area (Å²) in [5.41, 5.74) is 1.04. The molecule has 0 bridgehead atoms. The highest BCUT2D eigenvalue weighted by Gasteiger charge is 2.29. The van der Waals surface area contributed by atoms with Gasteiger partial charge in [-0.05, 0) is 52.9 Å². The number of nitrogens with zero attached hydrogens (tertiary/aromatic N) is 1. The van der Waals surface area contributed by atoms with Crippen molar-refractivity contribution in [3.8, 4) is 0 Å². The lowest BCUT2D eigenvalue weighted by Crippen LogP contribution is -2.31. The smallest absolute Gasteiger partial charge is 0.161 e. The number of nitrogens with one attached hydrogen (secondary N) is 1. The fourth-order valence-corrected chi connectivity index (χ4v) is 4.35. The molecule has 3 rings (SSSR count). The minimum absolute atomic E-state index is 0.535. The summed E-state index contributed by atoms with van der Waals surface area (Å²) in [7, 11) is 0. The summed E-state index contributed by atoms with van der Waals surface area (Å²) >= 11 is 11.3. The molecule has 1 aliphatic carbocycles. The lowest BCUT2D eigenvalue weighted by molar-refractivity contribution is 0.336. The molecule has 2 atom stereocenters. The maximum absolute atomic E-state index is 6.00. The lowest BCUT2D eigenvalue weighted by atomic mass is 9.86. The molecule has 2 aliphatic rings. The Bertz CT molecular complexity index is 506. The molecule has 1 heterocycles. The van der Waals surface area contributed by atoms with Crippen LogP contribution in [0.3, 0.4) is 0 Å². The minimum Gasteiger partial charge on any atom is -0.335 e. The van der Waals surface area contributed by atoms with Gasteiger partial charge in [-0.3, -0.25) is 4.99 Å². The Morgan fingerprint density at radius 1 is 1.32 bits per heavy atom. The standard InChI is InChI=1S/C14H16BrClN2S/c15-11-7-10(5-6-12(11)16)17-14-18-13-4-2-1-3-9(13)8-19-14/h5-7,9,13H,1-4,8H2,(H,17,18). The fourth-order valence-electron chi connectivity index (χ4n) is 2.69. The first-order valence-corrected chi connectivity index (χ1v) is 8.81. The van der Waals surface area contributed by atoms with Gasteiger partial charge in [0, 0.05) is 15.9 Å². The van der Waals surface area contributed by atoms with Crippen LogP contribution in [-0.4, -0.2) is 17.0 Å². The second-order valence-corrected chi connectivity index (χ2v) is 7.38. The Hall–Kier alpha value is -0.190. The van der Waals surface area contributed by atoms with Gasteiger partial charge in [-0.2, -0.15) is 0 Å². The quantitative estimate of drug-likeness (QED) is 0.747. The molecule has 2 unspecified atom stereocenters. The van der Waals surface area contributed by atoms with E-state index in [0.29, 0.717) is 6.04 Å². The number of benzene rings is 1. The summed E-state index contributed by atoms with van der Waals surface area (Å²) in [6.07, 6.45) is 5.31. The monoisotopic (exact) mass is 358 g/mol. The third-order valence-corrected chi connectivity index (χ3v) is 6.05. The molecule has 1 fully saturated rings. The lowest BCUT2D eigenvalue weighted by Gasteiger charge is -2.32. The van der Waals surface area contributed by atoms with Crippen LogP contribution in [0.15, 0.2) is 27.7 Å². The molecule has 0 spiro atoms. The molecule has 1 aromatic rings. The fraction of sp³-hybridized carbons (Fsp3) is 0.500. The van der Waals surface area contributed by atoms with Gasteiger partial charge in [0.1, 0.15) is 0 Å². The van der Waals surface area contributed by atoms with E-state index in [-0.39, 0.29) is 0 Å². The zero-order valence-electron chi connectivity index (χ0n) is 10.5. The van der Waals surface area contributed by atoms with Crippen LogP contribution in [0.25, 0.3) is 0 Å². The summed E-state index contributed by atoms with van der Waals surface area (Å²) in [4.78, 5) is 4.87. The minimum atomic E-state index is 0.535. The van der Waals surface area contributed by atoms with Gasteiger partial charge in [0.2, 0.25) is 0 Å². The third kappa shape index (κ3) is 3.29. The maximum atomic E-state index is 6.00. The molecular weight excluding hydrogens is 344 g/mol. The molecule has 0 saturated heterocycles. The van der Waals surface area contributed by atoms with Crippen LogP contribution in [-0.2, 0) is 0 Å². The molecule has 0 amide bonds. The summed E-state index contributed by atoms with van der Waals surface area (Å²) < 4.78 is 0.913. The van der Waals surface area contributed by atoms with Crippen molar-refractivity contribution >= 4 is 50.1 Å². The normalized spacial score (nSPS) is 26.5. The first-order chi connectivity index (χ1) is 9.22. The van der Waals surface area contributed by atoms with Gasteiger partial charge >= 0.3 is 0 Å². The predicted octanol–water partition coefficient (Wildman–Crippen LogP) is 5.18. The topological polar surface area (TPSA) is 24.4 Å². The van der Waals surface area contributed by atoms with E-state index in [9.17, 15) is 0 Å². The Morgan fingerprint density at radius 3 is 3.00 bits per heavy atom. The van der Waals surface area contributed by atoms with Crippen molar-refractivity contribution in [2.75, 3.05) is 11.1 Å². The van der Waals surface area contributed by atoms with Gasteiger partial charge in [-0.15, -0.1) is 0 Å². The number of thioether (sulfide) groups is 1. The molecule has 5 heteroatoms. The van der Waals surface area contributed by atoms with Crippen LogP contribution in [0.4, 0.5) is 5.69 Å². The molecule has 2 nitrogen and oxygen atoms in total. The third-order valence-electron chi connectivity index (χ3n) is 3.76. The SMILES string of the molecule is Clc1ccc(NC2=NC3CCCCC3CS2)cc1Br. The number of aliphatic imine (C=N–C) groups is 1. The van der Waals surface area contributed by atoms with E-state index in [2.05, 4.69) is 21.2 Å². The summed E-state index contributed by atoms with van der Waals surface area (Å²) in [5.74, 6) is 1.99. The molecule has 19 heavy (non-hydrogen) atoms. The van der Waals surface area contributed by atoms with E-state index in [1.54, 1.807) is 0 Å². The molecule has 1 aliphatic heterocycles. The van der Waals surface area contributed by atoms with Crippen molar-refractivity contribution < 1.29 is 0 Å². The first-order valence-electron chi connectivity index (χ1n) is 6.65. The predicted molar refractivity (Wildman–Crippen MR) is 88.4 cm³/mol. The van der Waals surface area contributed by atoms with E-state index < -0.39 is 0 Å². The number of anilines is 1. The Morgan fingerprint density at radius 2 is 2.16 bits per heavy atom. The van der Waals surface area contributed by atoms with E-state index in [1.807, 2.05) is 30.0 Å². The second-order valence-electron chi connectivity index (χ2n) is 5.11. The summed E-state index contributed by atoms with van der Waals surface area (Å²) in [6.45, 7) is 0. The number of rotatable bonds is 1. The van der Waals surface area contributed by atoms with Crippen molar-refractivity contribution in [2.45, 2.75) is 31.7 Å². The van der Waals surface area contributed by atoms with Crippen LogP contribution in [0, 0.1) is 5.92 Å². The molecule has 1 N–H and O–H groups in total. The van der Waals surface area contributed by atoms with E-state index in [0.717, 1.165) is 26.3 Å². The van der Waals surface area contributed by atoms with Crippen LogP contribution in [0.1, 0.15) is 25.7 Å². The highest BCUT2D eigenvalue weighted by atomic mass is 79.9. The first kappa shape index (κ1) is 13.8. The van der Waals surface area contributed by atoms with E-state index in [1.165, 1.54) is 31.4 Å². The van der Waals surface area contributed by atoms with Gasteiger partial charge in [0.25, 0.3) is 0 Å². The number of amidine groups is 1. The van der Waals surface area contributed by atoms with Crippen molar-refractivity contribution in [2.24, 2.45) is 10.9 Å². The number of hydrogen-bond donors (Lipinski definition) is 1. The van der Waals surface area contributed by atoms with Gasteiger partial charge in [-0.25, -0.2) is 0 Å². The largest absolute Gasteiger partial charge is 0.335 e. The van der Waals surface area contributed by atoms with Crippen LogP contribution >= 0.6 is 39.3 Å². The van der Waals surface area contributed by atoms with Gasteiger partial charge < -0.3 is 5.32 Å². The molecular formula is C14H16BrClN2S. The molecule has 0 radical (unpaired) electrons. The Balaban J connectivity index is 1.72. The highest BCUT2D eigenvalue weighted by molar-refractivity contribution is 9.10. The number of hydrogen-bond acceptors (Lipinski definition) is 3. The zero-order valence-corrected chi connectivity index (χ0v) is 13.7. The summed E-state index contributed by atoms with van der Waals surface area (Å²) in [5, 5.41) is 5.19.